The molecule has 2 heterocycles. The fourth-order valence-corrected chi connectivity index (χ4v) is 3.74. The number of nitrogens with zero attached hydrogens (tertiary/aromatic N) is 4. The molecule has 1 unspecified atom stereocenters. The van der Waals surface area contributed by atoms with Crippen molar-refractivity contribution in [3.05, 3.63) is 59.9 Å². The van der Waals surface area contributed by atoms with E-state index >= 15 is 0 Å². The first kappa shape index (κ1) is 19.2. The molecule has 3 aromatic rings. The van der Waals surface area contributed by atoms with E-state index in [1.165, 1.54) is 12.1 Å². The summed E-state index contributed by atoms with van der Waals surface area (Å²) in [5.74, 6) is 0.487. The van der Waals surface area contributed by atoms with Crippen LogP contribution >= 0.6 is 0 Å². The van der Waals surface area contributed by atoms with Gasteiger partial charge in [0.05, 0.1) is 23.3 Å². The predicted molar refractivity (Wildman–Crippen MR) is 111 cm³/mol. The number of fused-ring (bicyclic) bond motifs is 1. The monoisotopic (exact) mass is 398 g/mol. The Morgan fingerprint density at radius 1 is 1.24 bits per heavy atom. The summed E-state index contributed by atoms with van der Waals surface area (Å²) in [6.07, 6.45) is 0.837. The lowest BCUT2D eigenvalue weighted by Crippen LogP contribution is -2.44. The highest BCUT2D eigenvalue weighted by atomic mass is 19.1. The van der Waals surface area contributed by atoms with E-state index in [9.17, 15) is 8.78 Å². The number of halogens is 2. The molecule has 0 aliphatic carbocycles. The number of hydrogen-bond acceptors (Lipinski definition) is 3. The summed E-state index contributed by atoms with van der Waals surface area (Å²) in [4.78, 5) is 10.9. The first-order valence-electron chi connectivity index (χ1n) is 9.62. The van der Waals surface area contributed by atoms with Crippen LogP contribution in [0.5, 0.6) is 0 Å². The topological polar surface area (TPSA) is 57.5 Å². The third-order valence-corrected chi connectivity index (χ3v) is 5.30. The van der Waals surface area contributed by atoms with Gasteiger partial charge in [0.25, 0.3) is 0 Å². The molecular weight excluding hydrogens is 374 g/mol. The van der Waals surface area contributed by atoms with Crippen molar-refractivity contribution >= 4 is 22.7 Å². The number of guanidine groups is 1. The van der Waals surface area contributed by atoms with E-state index in [1.54, 1.807) is 7.05 Å². The maximum atomic E-state index is 14.0. The number of aromatic nitrogens is 2. The number of rotatable bonds is 4. The van der Waals surface area contributed by atoms with Gasteiger partial charge >= 0.3 is 0 Å². The Kier molecular flexibility index (Phi) is 5.33. The van der Waals surface area contributed by atoms with Crippen LogP contribution in [0.1, 0.15) is 12.2 Å². The SMILES string of the molecule is CN=C(NCc1nc2ccccc2n1C)NC1CCN(c2ccc(F)cc2F)C1. The Balaban J connectivity index is 1.36. The molecular formula is C21H24F2N6. The molecule has 0 spiro atoms. The van der Waals surface area contributed by atoms with Crippen molar-refractivity contribution in [3.8, 4) is 0 Å². The highest BCUT2D eigenvalue weighted by Gasteiger charge is 2.25. The number of para-hydroxylation sites is 2. The van der Waals surface area contributed by atoms with Crippen LogP contribution in [-0.2, 0) is 13.6 Å². The molecule has 1 saturated heterocycles. The molecule has 8 heteroatoms. The second-order valence-corrected chi connectivity index (χ2v) is 7.17. The molecule has 4 rings (SSSR count). The van der Waals surface area contributed by atoms with Gasteiger partial charge in [0.2, 0.25) is 0 Å². The van der Waals surface area contributed by atoms with Crippen molar-refractivity contribution in [2.24, 2.45) is 12.0 Å². The van der Waals surface area contributed by atoms with E-state index in [-0.39, 0.29) is 6.04 Å². The smallest absolute Gasteiger partial charge is 0.191 e. The predicted octanol–water partition coefficient (Wildman–Crippen LogP) is 2.80. The average Bonchev–Trinajstić information content (AvgIpc) is 3.30. The molecule has 29 heavy (non-hydrogen) atoms. The summed E-state index contributed by atoms with van der Waals surface area (Å²) in [6, 6.07) is 11.8. The highest BCUT2D eigenvalue weighted by molar-refractivity contribution is 5.80. The minimum Gasteiger partial charge on any atom is -0.367 e. The Morgan fingerprint density at radius 2 is 2.07 bits per heavy atom. The van der Waals surface area contributed by atoms with Gasteiger partial charge in [-0.05, 0) is 30.7 Å². The molecule has 1 aliphatic heterocycles. The molecule has 152 valence electrons. The van der Waals surface area contributed by atoms with Crippen LogP contribution in [0.2, 0.25) is 0 Å². The molecule has 0 saturated carbocycles. The van der Waals surface area contributed by atoms with E-state index in [4.69, 9.17) is 0 Å². The first-order valence-corrected chi connectivity index (χ1v) is 9.62. The van der Waals surface area contributed by atoms with Crippen molar-refractivity contribution in [1.29, 1.82) is 0 Å². The number of nitrogens with one attached hydrogen (secondary N) is 2. The zero-order chi connectivity index (χ0) is 20.4. The number of aryl methyl sites for hydroxylation is 1. The van der Waals surface area contributed by atoms with Gasteiger partial charge in [-0.15, -0.1) is 0 Å². The molecule has 1 fully saturated rings. The Morgan fingerprint density at radius 3 is 2.83 bits per heavy atom. The molecule has 2 N–H and O–H groups in total. The molecule has 0 bridgehead atoms. The number of benzene rings is 2. The lowest BCUT2D eigenvalue weighted by atomic mass is 10.2. The zero-order valence-electron chi connectivity index (χ0n) is 16.5. The van der Waals surface area contributed by atoms with Gasteiger partial charge in [-0.3, -0.25) is 4.99 Å². The van der Waals surface area contributed by atoms with Crippen LogP contribution in [0.25, 0.3) is 11.0 Å². The summed E-state index contributed by atoms with van der Waals surface area (Å²) in [7, 11) is 3.71. The van der Waals surface area contributed by atoms with Gasteiger partial charge in [0, 0.05) is 39.3 Å². The minimum atomic E-state index is -0.563. The van der Waals surface area contributed by atoms with Gasteiger partial charge in [-0.2, -0.15) is 0 Å². The maximum absolute atomic E-state index is 14.0. The number of aliphatic imine (C=N–C) groups is 1. The van der Waals surface area contributed by atoms with Crippen molar-refractivity contribution in [2.75, 3.05) is 25.0 Å². The summed E-state index contributed by atoms with van der Waals surface area (Å²) >= 11 is 0. The molecule has 1 aromatic heterocycles. The lowest BCUT2D eigenvalue weighted by molar-refractivity contribution is 0.580. The molecule has 0 radical (unpaired) electrons. The second kappa shape index (κ2) is 8.06. The van der Waals surface area contributed by atoms with Crippen LogP contribution in [-0.4, -0.2) is 41.7 Å². The largest absolute Gasteiger partial charge is 0.367 e. The van der Waals surface area contributed by atoms with Crippen LogP contribution in [0.4, 0.5) is 14.5 Å². The van der Waals surface area contributed by atoms with Crippen molar-refractivity contribution in [3.63, 3.8) is 0 Å². The van der Waals surface area contributed by atoms with Crippen molar-refractivity contribution < 1.29 is 8.78 Å². The van der Waals surface area contributed by atoms with Crippen LogP contribution < -0.4 is 15.5 Å². The third kappa shape index (κ3) is 4.01. The average molecular weight is 398 g/mol. The summed E-state index contributed by atoms with van der Waals surface area (Å²) in [5, 5.41) is 6.68. The molecule has 1 atom stereocenters. The second-order valence-electron chi connectivity index (χ2n) is 7.17. The zero-order valence-corrected chi connectivity index (χ0v) is 16.5. The van der Waals surface area contributed by atoms with E-state index in [0.29, 0.717) is 31.3 Å². The molecule has 2 aromatic carbocycles. The number of anilines is 1. The molecule has 6 nitrogen and oxygen atoms in total. The minimum absolute atomic E-state index is 0.117. The summed E-state index contributed by atoms with van der Waals surface area (Å²) < 4.78 is 29.3. The van der Waals surface area contributed by atoms with Crippen LogP contribution in [0.15, 0.2) is 47.5 Å². The van der Waals surface area contributed by atoms with Gasteiger partial charge in [0.15, 0.2) is 5.96 Å². The Bertz CT molecular complexity index is 1040. The summed E-state index contributed by atoms with van der Waals surface area (Å²) in [5.41, 5.74) is 2.47. The first-order chi connectivity index (χ1) is 14.0. The van der Waals surface area contributed by atoms with Gasteiger partial charge in [-0.1, -0.05) is 12.1 Å². The Labute approximate surface area is 168 Å². The van der Waals surface area contributed by atoms with Gasteiger partial charge in [-0.25, -0.2) is 13.8 Å². The number of hydrogen-bond donors (Lipinski definition) is 2. The van der Waals surface area contributed by atoms with E-state index in [0.717, 1.165) is 29.3 Å². The van der Waals surface area contributed by atoms with Crippen LogP contribution in [0, 0.1) is 11.6 Å². The normalized spacial score (nSPS) is 17.2. The van der Waals surface area contributed by atoms with Gasteiger partial charge in [0.1, 0.15) is 17.5 Å². The fourth-order valence-electron chi connectivity index (χ4n) is 3.74. The van der Waals surface area contributed by atoms with E-state index in [1.807, 2.05) is 36.2 Å². The standard InChI is InChI=1S/C21H24F2N6/c1-24-21(25-12-20-27-17-5-3-4-6-19(17)28(20)2)26-15-9-10-29(13-15)18-8-7-14(22)11-16(18)23/h3-8,11,15H,9-10,12-13H2,1-2H3,(H2,24,25,26). The highest BCUT2D eigenvalue weighted by Crippen LogP contribution is 2.24. The summed E-state index contributed by atoms with van der Waals surface area (Å²) in [6.45, 7) is 1.85. The van der Waals surface area contributed by atoms with Crippen LogP contribution in [0.3, 0.4) is 0 Å². The number of imidazole rings is 1. The third-order valence-electron chi connectivity index (χ3n) is 5.30. The Hall–Kier alpha value is -3.16. The van der Waals surface area contributed by atoms with E-state index < -0.39 is 11.6 Å². The fraction of sp³-hybridized carbons (Fsp3) is 0.333. The quantitative estimate of drug-likeness (QED) is 0.524. The molecule has 1 aliphatic rings. The maximum Gasteiger partial charge on any atom is 0.191 e. The lowest BCUT2D eigenvalue weighted by Gasteiger charge is -2.21. The van der Waals surface area contributed by atoms with E-state index in [2.05, 4.69) is 25.2 Å². The van der Waals surface area contributed by atoms with Crippen molar-refractivity contribution in [1.82, 2.24) is 20.2 Å². The van der Waals surface area contributed by atoms with Crippen molar-refractivity contribution in [2.45, 2.75) is 19.0 Å². The van der Waals surface area contributed by atoms with Gasteiger partial charge < -0.3 is 20.1 Å². The molecule has 0 amide bonds.